The largest absolute Gasteiger partial charge is 0.465 e. The Morgan fingerprint density at radius 3 is 2.75 bits per heavy atom. The first kappa shape index (κ1) is 12.2. The first-order chi connectivity index (χ1) is 7.70. The van der Waals surface area contributed by atoms with E-state index in [1.165, 1.54) is 7.11 Å². The van der Waals surface area contributed by atoms with Gasteiger partial charge in [0.05, 0.1) is 12.8 Å². The quantitative estimate of drug-likeness (QED) is 0.272. The minimum atomic E-state index is -0.590. The zero-order valence-corrected chi connectivity index (χ0v) is 9.45. The second-order valence-electron chi connectivity index (χ2n) is 3.31. The summed E-state index contributed by atoms with van der Waals surface area (Å²) in [6, 6.07) is 3.34. The molecule has 86 valence electrons. The number of ether oxygens (including phenoxy) is 1. The van der Waals surface area contributed by atoms with Gasteiger partial charge in [0.15, 0.2) is 0 Å². The lowest BCUT2D eigenvalue weighted by atomic mass is 10.1. The van der Waals surface area contributed by atoms with Crippen LogP contribution in [0.25, 0.3) is 0 Å². The average Bonchev–Trinajstić information content (AvgIpc) is 2.82. The molecule has 1 heterocycles. The van der Waals surface area contributed by atoms with Gasteiger partial charge in [0, 0.05) is 6.20 Å². The van der Waals surface area contributed by atoms with Gasteiger partial charge in [0.1, 0.15) is 5.57 Å². The molecular weight excluding hydrogens is 206 g/mol. The van der Waals surface area contributed by atoms with Gasteiger partial charge in [-0.25, -0.2) is 4.79 Å². The summed E-state index contributed by atoms with van der Waals surface area (Å²) in [7, 11) is 1.27. The van der Waals surface area contributed by atoms with Crippen LogP contribution in [0.1, 0.15) is 30.3 Å². The summed E-state index contributed by atoms with van der Waals surface area (Å²) in [5.74, 6) is -0.918. The average molecular weight is 221 g/mol. The lowest BCUT2D eigenvalue weighted by molar-refractivity contribution is -0.135. The predicted octanol–water partition coefficient (Wildman–Crippen LogP) is 2.10. The standard InChI is InChI=1S/C12H15NO3/c1-3-4-6-9(12(15)16-2)11(14)10-7-5-8-13-10/h5-8,13H,3-4H2,1-2H3/b9-6-. The number of Topliss-reactive ketones (excluding diaryl/α,β-unsaturated/α-hetero) is 1. The Morgan fingerprint density at radius 2 is 2.25 bits per heavy atom. The van der Waals surface area contributed by atoms with Crippen LogP contribution in [0.15, 0.2) is 30.0 Å². The molecule has 0 radical (unpaired) electrons. The van der Waals surface area contributed by atoms with Crippen LogP contribution in [0.4, 0.5) is 0 Å². The van der Waals surface area contributed by atoms with Gasteiger partial charge in [-0.1, -0.05) is 19.4 Å². The van der Waals surface area contributed by atoms with E-state index in [1.807, 2.05) is 6.92 Å². The molecule has 1 rings (SSSR count). The monoisotopic (exact) mass is 221 g/mol. The van der Waals surface area contributed by atoms with Crippen LogP contribution in [-0.4, -0.2) is 23.8 Å². The first-order valence-electron chi connectivity index (χ1n) is 5.17. The second-order valence-corrected chi connectivity index (χ2v) is 3.31. The molecule has 0 saturated carbocycles. The summed E-state index contributed by atoms with van der Waals surface area (Å²) < 4.78 is 4.59. The van der Waals surface area contributed by atoms with E-state index in [1.54, 1.807) is 24.4 Å². The Kier molecular flexibility index (Phi) is 4.51. The number of esters is 1. The molecule has 16 heavy (non-hydrogen) atoms. The Balaban J connectivity index is 2.93. The predicted molar refractivity (Wildman–Crippen MR) is 60.1 cm³/mol. The molecule has 1 aromatic heterocycles. The summed E-state index contributed by atoms with van der Waals surface area (Å²) in [4.78, 5) is 26.1. The van der Waals surface area contributed by atoms with Crippen LogP contribution < -0.4 is 0 Å². The van der Waals surface area contributed by atoms with Crippen molar-refractivity contribution in [2.24, 2.45) is 0 Å². The third kappa shape index (κ3) is 2.82. The molecule has 0 saturated heterocycles. The zero-order valence-electron chi connectivity index (χ0n) is 9.45. The molecule has 0 aromatic carbocycles. The number of methoxy groups -OCH3 is 1. The van der Waals surface area contributed by atoms with Crippen LogP contribution in [0.5, 0.6) is 0 Å². The van der Waals surface area contributed by atoms with E-state index in [-0.39, 0.29) is 11.4 Å². The van der Waals surface area contributed by atoms with Crippen LogP contribution in [0.3, 0.4) is 0 Å². The van der Waals surface area contributed by atoms with Gasteiger partial charge in [-0.05, 0) is 18.6 Å². The summed E-state index contributed by atoms with van der Waals surface area (Å²) in [5.41, 5.74) is 0.486. The molecule has 0 bridgehead atoms. The highest BCUT2D eigenvalue weighted by Gasteiger charge is 2.20. The molecule has 0 atom stereocenters. The van der Waals surface area contributed by atoms with Crippen molar-refractivity contribution in [3.63, 3.8) is 0 Å². The molecule has 0 fully saturated rings. The van der Waals surface area contributed by atoms with E-state index in [2.05, 4.69) is 9.72 Å². The highest BCUT2D eigenvalue weighted by molar-refractivity contribution is 6.23. The van der Waals surface area contributed by atoms with E-state index in [0.717, 1.165) is 6.42 Å². The molecule has 0 aliphatic rings. The van der Waals surface area contributed by atoms with Gasteiger partial charge in [-0.2, -0.15) is 0 Å². The Hall–Kier alpha value is -1.84. The SMILES string of the molecule is CCC/C=C(\C(=O)OC)C(=O)c1ccc[nH]1. The van der Waals surface area contributed by atoms with Crippen molar-refractivity contribution >= 4 is 11.8 Å². The number of rotatable bonds is 5. The van der Waals surface area contributed by atoms with Crippen molar-refractivity contribution in [1.82, 2.24) is 4.98 Å². The van der Waals surface area contributed by atoms with E-state index in [0.29, 0.717) is 12.1 Å². The highest BCUT2D eigenvalue weighted by Crippen LogP contribution is 2.09. The summed E-state index contributed by atoms with van der Waals surface area (Å²) in [6.07, 6.45) is 4.81. The van der Waals surface area contributed by atoms with Crippen LogP contribution in [-0.2, 0) is 9.53 Å². The first-order valence-corrected chi connectivity index (χ1v) is 5.17. The number of carbonyl (C=O) groups is 2. The molecule has 0 spiro atoms. The number of allylic oxidation sites excluding steroid dienone is 1. The summed E-state index contributed by atoms with van der Waals surface area (Å²) in [6.45, 7) is 1.98. The Morgan fingerprint density at radius 1 is 1.50 bits per heavy atom. The number of carbonyl (C=O) groups excluding carboxylic acids is 2. The van der Waals surface area contributed by atoms with Crippen molar-refractivity contribution in [1.29, 1.82) is 0 Å². The summed E-state index contributed by atoms with van der Waals surface area (Å²) in [5, 5.41) is 0. The molecule has 0 aliphatic heterocycles. The zero-order chi connectivity index (χ0) is 12.0. The van der Waals surface area contributed by atoms with Gasteiger partial charge in [-0.15, -0.1) is 0 Å². The van der Waals surface area contributed by atoms with Gasteiger partial charge in [0.2, 0.25) is 5.78 Å². The third-order valence-corrected chi connectivity index (χ3v) is 2.13. The van der Waals surface area contributed by atoms with Crippen molar-refractivity contribution in [2.45, 2.75) is 19.8 Å². The lowest BCUT2D eigenvalue weighted by Gasteiger charge is -2.03. The maximum Gasteiger partial charge on any atom is 0.341 e. The topological polar surface area (TPSA) is 59.2 Å². The number of nitrogens with one attached hydrogen (secondary N) is 1. The highest BCUT2D eigenvalue weighted by atomic mass is 16.5. The Labute approximate surface area is 94.3 Å². The van der Waals surface area contributed by atoms with E-state index < -0.39 is 5.97 Å². The van der Waals surface area contributed by atoms with E-state index in [9.17, 15) is 9.59 Å². The van der Waals surface area contributed by atoms with Crippen molar-refractivity contribution < 1.29 is 14.3 Å². The normalized spacial score (nSPS) is 11.2. The van der Waals surface area contributed by atoms with Gasteiger partial charge < -0.3 is 9.72 Å². The van der Waals surface area contributed by atoms with Crippen molar-refractivity contribution in [2.75, 3.05) is 7.11 Å². The number of aromatic amines is 1. The maximum atomic E-state index is 11.9. The fourth-order valence-electron chi connectivity index (χ4n) is 1.28. The van der Waals surface area contributed by atoms with E-state index in [4.69, 9.17) is 0 Å². The lowest BCUT2D eigenvalue weighted by Crippen LogP contribution is -2.15. The third-order valence-electron chi connectivity index (χ3n) is 2.13. The number of ketones is 1. The molecule has 0 amide bonds. The molecule has 4 nitrogen and oxygen atoms in total. The van der Waals surface area contributed by atoms with Gasteiger partial charge in [0.25, 0.3) is 0 Å². The second kappa shape index (κ2) is 5.90. The number of unbranched alkanes of at least 4 members (excludes halogenated alkanes) is 1. The molecular formula is C12H15NO3. The van der Waals surface area contributed by atoms with E-state index >= 15 is 0 Å². The minimum absolute atomic E-state index is 0.0896. The molecule has 4 heteroatoms. The fraction of sp³-hybridized carbons (Fsp3) is 0.333. The smallest absolute Gasteiger partial charge is 0.341 e. The molecule has 1 N–H and O–H groups in total. The number of hydrogen-bond acceptors (Lipinski definition) is 3. The Bertz CT molecular complexity index is 390. The molecule has 1 aromatic rings. The van der Waals surface area contributed by atoms with Gasteiger partial charge in [-0.3, -0.25) is 4.79 Å². The summed E-state index contributed by atoms with van der Waals surface area (Å²) >= 11 is 0. The number of hydrogen-bond donors (Lipinski definition) is 1. The van der Waals surface area contributed by atoms with Gasteiger partial charge >= 0.3 is 5.97 Å². The van der Waals surface area contributed by atoms with Crippen molar-refractivity contribution in [3.05, 3.63) is 35.7 Å². The molecule has 0 unspecified atom stereocenters. The molecule has 0 aliphatic carbocycles. The minimum Gasteiger partial charge on any atom is -0.465 e. The van der Waals surface area contributed by atoms with Crippen LogP contribution in [0.2, 0.25) is 0 Å². The van der Waals surface area contributed by atoms with Crippen LogP contribution in [0, 0.1) is 0 Å². The van der Waals surface area contributed by atoms with Crippen LogP contribution >= 0.6 is 0 Å². The number of aromatic nitrogens is 1. The number of H-pyrrole nitrogens is 1. The maximum absolute atomic E-state index is 11.9. The van der Waals surface area contributed by atoms with Crippen molar-refractivity contribution in [3.8, 4) is 0 Å². The fourth-order valence-corrected chi connectivity index (χ4v) is 1.28.